The third kappa shape index (κ3) is 3.34. The lowest BCUT2D eigenvalue weighted by Gasteiger charge is -2.09. The SMILES string of the molecule is Cc1ccc(NS(=O)(=O)c2ccc(C(=O)O)cc2F)cn1. The molecule has 0 aliphatic carbocycles. The standard InChI is InChI=1S/C13H11FN2O4S/c1-8-2-4-10(7-15-8)16-21(19,20)12-5-3-9(13(17)18)6-11(12)14/h2-7,16H,1H3,(H,17,18). The molecule has 8 heteroatoms. The van der Waals surface area contributed by atoms with E-state index in [0.717, 1.165) is 12.1 Å². The predicted molar refractivity (Wildman–Crippen MR) is 73.1 cm³/mol. The Morgan fingerprint density at radius 2 is 2.00 bits per heavy atom. The topological polar surface area (TPSA) is 96.4 Å². The first-order chi connectivity index (χ1) is 9.79. The highest BCUT2D eigenvalue weighted by Gasteiger charge is 2.20. The molecule has 0 aliphatic heterocycles. The van der Waals surface area contributed by atoms with Crippen LogP contribution in [-0.4, -0.2) is 24.5 Å². The summed E-state index contributed by atoms with van der Waals surface area (Å²) < 4.78 is 40.1. The molecular formula is C13H11FN2O4S. The summed E-state index contributed by atoms with van der Waals surface area (Å²) in [6.45, 7) is 1.74. The number of hydrogen-bond donors (Lipinski definition) is 2. The molecule has 1 heterocycles. The van der Waals surface area contributed by atoms with Crippen LogP contribution in [-0.2, 0) is 10.0 Å². The number of aromatic nitrogens is 1. The molecule has 0 atom stereocenters. The van der Waals surface area contributed by atoms with Crippen molar-refractivity contribution in [1.82, 2.24) is 4.98 Å². The molecule has 0 unspecified atom stereocenters. The van der Waals surface area contributed by atoms with Gasteiger partial charge in [-0.3, -0.25) is 9.71 Å². The molecule has 21 heavy (non-hydrogen) atoms. The summed E-state index contributed by atoms with van der Waals surface area (Å²) in [6.07, 6.45) is 1.30. The number of hydrogen-bond acceptors (Lipinski definition) is 4. The largest absolute Gasteiger partial charge is 0.478 e. The smallest absolute Gasteiger partial charge is 0.335 e. The first kappa shape index (κ1) is 14.9. The van der Waals surface area contributed by atoms with E-state index >= 15 is 0 Å². The van der Waals surface area contributed by atoms with E-state index in [2.05, 4.69) is 9.71 Å². The zero-order chi connectivity index (χ0) is 15.6. The predicted octanol–water partition coefficient (Wildman–Crippen LogP) is 2.03. The Morgan fingerprint density at radius 1 is 1.29 bits per heavy atom. The quantitative estimate of drug-likeness (QED) is 0.900. The number of rotatable bonds is 4. The summed E-state index contributed by atoms with van der Waals surface area (Å²) in [5.74, 6) is -2.48. The Bertz CT molecular complexity index is 788. The summed E-state index contributed by atoms with van der Waals surface area (Å²) in [5.41, 5.74) is 0.556. The second kappa shape index (κ2) is 5.49. The number of nitrogens with one attached hydrogen (secondary N) is 1. The second-order valence-electron chi connectivity index (χ2n) is 4.24. The summed E-state index contributed by atoms with van der Waals surface area (Å²) in [5, 5.41) is 8.72. The zero-order valence-electron chi connectivity index (χ0n) is 10.9. The molecule has 0 bridgehead atoms. The minimum Gasteiger partial charge on any atom is -0.478 e. The van der Waals surface area contributed by atoms with Crippen LogP contribution in [0, 0.1) is 12.7 Å². The van der Waals surface area contributed by atoms with Gasteiger partial charge in [0.15, 0.2) is 0 Å². The molecule has 2 aromatic rings. The average Bonchev–Trinajstić information content (AvgIpc) is 2.40. The molecule has 0 saturated carbocycles. The minimum atomic E-state index is -4.16. The van der Waals surface area contributed by atoms with Gasteiger partial charge in [0.05, 0.1) is 17.4 Å². The second-order valence-corrected chi connectivity index (χ2v) is 5.89. The first-order valence-corrected chi connectivity index (χ1v) is 7.26. The lowest BCUT2D eigenvalue weighted by atomic mass is 10.2. The summed E-state index contributed by atoms with van der Waals surface area (Å²) in [6, 6.07) is 5.67. The number of aryl methyl sites for hydroxylation is 1. The lowest BCUT2D eigenvalue weighted by Crippen LogP contribution is -2.15. The Kier molecular flexibility index (Phi) is 3.90. The van der Waals surface area contributed by atoms with Crippen LogP contribution in [0.25, 0.3) is 0 Å². The number of carbonyl (C=O) groups is 1. The Hall–Kier alpha value is -2.48. The van der Waals surface area contributed by atoms with Crippen molar-refractivity contribution in [3.63, 3.8) is 0 Å². The Morgan fingerprint density at radius 3 is 2.52 bits per heavy atom. The number of aromatic carboxylic acids is 1. The molecule has 0 fully saturated rings. The van der Waals surface area contributed by atoms with Crippen LogP contribution < -0.4 is 4.72 Å². The van der Waals surface area contributed by atoms with E-state index in [-0.39, 0.29) is 11.3 Å². The van der Waals surface area contributed by atoms with Crippen LogP contribution in [0.2, 0.25) is 0 Å². The highest BCUT2D eigenvalue weighted by atomic mass is 32.2. The molecule has 6 nitrogen and oxygen atoms in total. The van der Waals surface area contributed by atoms with E-state index in [1.54, 1.807) is 13.0 Å². The van der Waals surface area contributed by atoms with E-state index in [9.17, 15) is 17.6 Å². The minimum absolute atomic E-state index is 0.183. The molecule has 1 aromatic carbocycles. The number of anilines is 1. The van der Waals surface area contributed by atoms with Gasteiger partial charge in [0.25, 0.3) is 10.0 Å². The number of nitrogens with zero attached hydrogens (tertiary/aromatic N) is 1. The van der Waals surface area contributed by atoms with Crippen molar-refractivity contribution >= 4 is 21.7 Å². The van der Waals surface area contributed by atoms with Gasteiger partial charge in [-0.1, -0.05) is 0 Å². The number of sulfonamides is 1. The van der Waals surface area contributed by atoms with Gasteiger partial charge in [0.2, 0.25) is 0 Å². The molecule has 2 N–H and O–H groups in total. The fourth-order valence-corrected chi connectivity index (χ4v) is 2.69. The molecular weight excluding hydrogens is 299 g/mol. The van der Waals surface area contributed by atoms with Crippen molar-refractivity contribution < 1.29 is 22.7 Å². The van der Waals surface area contributed by atoms with Crippen molar-refractivity contribution in [2.24, 2.45) is 0 Å². The van der Waals surface area contributed by atoms with Crippen molar-refractivity contribution in [2.45, 2.75) is 11.8 Å². The highest BCUT2D eigenvalue weighted by Crippen LogP contribution is 2.19. The molecule has 0 saturated heterocycles. The van der Waals surface area contributed by atoms with Gasteiger partial charge in [-0.15, -0.1) is 0 Å². The number of carboxylic acids is 1. The first-order valence-electron chi connectivity index (χ1n) is 5.78. The van der Waals surface area contributed by atoms with E-state index in [1.165, 1.54) is 12.3 Å². The van der Waals surface area contributed by atoms with Gasteiger partial charge in [-0.05, 0) is 37.3 Å². The van der Waals surface area contributed by atoms with E-state index in [0.29, 0.717) is 11.8 Å². The third-order valence-corrected chi connectivity index (χ3v) is 4.05. The summed E-state index contributed by atoms with van der Waals surface area (Å²) in [7, 11) is -4.16. The normalized spacial score (nSPS) is 11.1. The van der Waals surface area contributed by atoms with Gasteiger partial charge < -0.3 is 5.11 Å². The number of benzene rings is 1. The maximum absolute atomic E-state index is 13.8. The Balaban J connectivity index is 2.35. The molecule has 0 amide bonds. The van der Waals surface area contributed by atoms with E-state index < -0.39 is 26.7 Å². The molecule has 0 spiro atoms. The van der Waals surface area contributed by atoms with Crippen LogP contribution in [0.3, 0.4) is 0 Å². The third-order valence-electron chi connectivity index (χ3n) is 2.63. The van der Waals surface area contributed by atoms with Crippen LogP contribution in [0.15, 0.2) is 41.4 Å². The van der Waals surface area contributed by atoms with Gasteiger partial charge >= 0.3 is 5.97 Å². The Labute approximate surface area is 120 Å². The monoisotopic (exact) mass is 310 g/mol. The molecule has 0 radical (unpaired) electrons. The average molecular weight is 310 g/mol. The van der Waals surface area contributed by atoms with Gasteiger partial charge in [-0.2, -0.15) is 0 Å². The molecule has 2 rings (SSSR count). The van der Waals surface area contributed by atoms with E-state index in [1.807, 2.05) is 0 Å². The highest BCUT2D eigenvalue weighted by molar-refractivity contribution is 7.92. The van der Waals surface area contributed by atoms with Gasteiger partial charge in [0.1, 0.15) is 10.7 Å². The summed E-state index contributed by atoms with van der Waals surface area (Å²) >= 11 is 0. The van der Waals surface area contributed by atoms with Crippen molar-refractivity contribution in [3.8, 4) is 0 Å². The number of carboxylic acid groups (broad SMARTS) is 1. The summed E-state index contributed by atoms with van der Waals surface area (Å²) in [4.78, 5) is 14.0. The molecule has 1 aromatic heterocycles. The fraction of sp³-hybridized carbons (Fsp3) is 0.0769. The van der Waals surface area contributed by atoms with Crippen molar-refractivity contribution in [3.05, 3.63) is 53.6 Å². The van der Waals surface area contributed by atoms with Crippen LogP contribution in [0.1, 0.15) is 16.1 Å². The van der Waals surface area contributed by atoms with Gasteiger partial charge in [-0.25, -0.2) is 17.6 Å². The fourth-order valence-electron chi connectivity index (χ4n) is 1.59. The van der Waals surface area contributed by atoms with Crippen molar-refractivity contribution in [1.29, 1.82) is 0 Å². The zero-order valence-corrected chi connectivity index (χ0v) is 11.7. The van der Waals surface area contributed by atoms with Gasteiger partial charge in [0, 0.05) is 5.69 Å². The molecule has 0 aliphatic rings. The maximum atomic E-state index is 13.8. The van der Waals surface area contributed by atoms with Crippen LogP contribution >= 0.6 is 0 Å². The van der Waals surface area contributed by atoms with E-state index in [4.69, 9.17) is 5.11 Å². The number of halogens is 1. The maximum Gasteiger partial charge on any atom is 0.335 e. The number of pyridine rings is 1. The lowest BCUT2D eigenvalue weighted by molar-refractivity contribution is 0.0696. The van der Waals surface area contributed by atoms with Crippen LogP contribution in [0.5, 0.6) is 0 Å². The van der Waals surface area contributed by atoms with Crippen LogP contribution in [0.4, 0.5) is 10.1 Å². The molecule has 110 valence electrons. The van der Waals surface area contributed by atoms with Crippen molar-refractivity contribution in [2.75, 3.05) is 4.72 Å².